The molecule has 1 aliphatic heterocycles. The van der Waals surface area contributed by atoms with Gasteiger partial charge >= 0.3 is 5.97 Å². The zero-order chi connectivity index (χ0) is 17.1. The van der Waals surface area contributed by atoms with Gasteiger partial charge in [0.1, 0.15) is 6.33 Å². The van der Waals surface area contributed by atoms with Crippen LogP contribution in [0.1, 0.15) is 42.0 Å². The van der Waals surface area contributed by atoms with E-state index in [1.165, 1.54) is 13.4 Å². The van der Waals surface area contributed by atoms with Gasteiger partial charge in [0.2, 0.25) is 0 Å². The van der Waals surface area contributed by atoms with Crippen LogP contribution in [0.3, 0.4) is 0 Å². The summed E-state index contributed by atoms with van der Waals surface area (Å²) in [6.45, 7) is 3.12. The van der Waals surface area contributed by atoms with Crippen molar-refractivity contribution in [2.75, 3.05) is 25.1 Å². The number of carbonyl (C=O) groups is 1. The normalized spacial score (nSPS) is 17.8. The molecule has 1 fully saturated rings. The minimum absolute atomic E-state index is 0.0101. The Hall–Kier alpha value is -2.58. The van der Waals surface area contributed by atoms with Gasteiger partial charge in [-0.05, 0) is 19.3 Å². The van der Waals surface area contributed by atoms with Gasteiger partial charge in [-0.15, -0.1) is 5.10 Å². The number of piperidine rings is 1. The van der Waals surface area contributed by atoms with Crippen LogP contribution in [0.4, 0.5) is 10.2 Å². The molecule has 1 atom stereocenters. The van der Waals surface area contributed by atoms with E-state index in [1.807, 2.05) is 11.8 Å². The fourth-order valence-corrected chi connectivity index (χ4v) is 2.88. The number of carbonyl (C=O) groups excluding carboxylic acids is 1. The average molecular weight is 334 g/mol. The summed E-state index contributed by atoms with van der Waals surface area (Å²) < 4.78 is 20.8. The van der Waals surface area contributed by atoms with Crippen molar-refractivity contribution >= 4 is 11.8 Å². The number of aryl methyl sites for hydroxylation is 1. The summed E-state index contributed by atoms with van der Waals surface area (Å²) in [7, 11) is 1.30. The molecule has 3 rings (SSSR count). The molecule has 24 heavy (non-hydrogen) atoms. The van der Waals surface area contributed by atoms with E-state index in [4.69, 9.17) is 0 Å². The molecule has 1 unspecified atom stereocenters. The molecule has 0 amide bonds. The molecule has 0 saturated carbocycles. The molecule has 1 aliphatic rings. The summed E-state index contributed by atoms with van der Waals surface area (Å²) in [5.41, 5.74) is 0.576. The molecule has 0 aromatic carbocycles. The van der Waals surface area contributed by atoms with E-state index < -0.39 is 5.97 Å². The highest BCUT2D eigenvalue weighted by molar-refractivity contribution is 5.86. The van der Waals surface area contributed by atoms with Crippen molar-refractivity contribution in [3.63, 3.8) is 0 Å². The molecular weight excluding hydrogens is 315 g/mol. The van der Waals surface area contributed by atoms with Gasteiger partial charge in [-0.25, -0.2) is 23.8 Å². The largest absolute Gasteiger partial charge is 0.464 e. The number of hydrogen-bond acceptors (Lipinski definition) is 7. The summed E-state index contributed by atoms with van der Waals surface area (Å²) in [4.78, 5) is 21.5. The van der Waals surface area contributed by atoms with Crippen LogP contribution in [0, 0.1) is 5.82 Å². The molecular formula is C15H19FN6O2. The maximum atomic E-state index is 14.5. The monoisotopic (exact) mass is 334 g/mol. The van der Waals surface area contributed by atoms with Crippen LogP contribution in [0.15, 0.2) is 12.5 Å². The predicted octanol–water partition coefficient (Wildman–Crippen LogP) is 1.40. The molecule has 3 heterocycles. The lowest BCUT2D eigenvalue weighted by Crippen LogP contribution is -2.38. The molecule has 0 aliphatic carbocycles. The number of anilines is 1. The van der Waals surface area contributed by atoms with Crippen molar-refractivity contribution in [2.24, 2.45) is 0 Å². The summed E-state index contributed by atoms with van der Waals surface area (Å²) >= 11 is 0. The molecule has 128 valence electrons. The van der Waals surface area contributed by atoms with Crippen molar-refractivity contribution in [3.8, 4) is 0 Å². The Morgan fingerprint density at radius 2 is 2.29 bits per heavy atom. The van der Waals surface area contributed by atoms with E-state index >= 15 is 0 Å². The lowest BCUT2D eigenvalue weighted by atomic mass is 10.1. The van der Waals surface area contributed by atoms with Gasteiger partial charge < -0.3 is 9.64 Å². The molecule has 2 aromatic heterocycles. The molecule has 2 aromatic rings. The van der Waals surface area contributed by atoms with E-state index in [0.29, 0.717) is 31.0 Å². The van der Waals surface area contributed by atoms with E-state index in [9.17, 15) is 9.18 Å². The van der Waals surface area contributed by atoms with Crippen LogP contribution in [-0.4, -0.2) is 51.1 Å². The van der Waals surface area contributed by atoms with Gasteiger partial charge in [-0.3, -0.25) is 0 Å². The first-order valence-corrected chi connectivity index (χ1v) is 7.88. The van der Waals surface area contributed by atoms with Crippen molar-refractivity contribution in [2.45, 2.75) is 32.2 Å². The Morgan fingerprint density at radius 1 is 1.46 bits per heavy atom. The van der Waals surface area contributed by atoms with Gasteiger partial charge in [0.25, 0.3) is 0 Å². The fraction of sp³-hybridized carbons (Fsp3) is 0.533. The van der Waals surface area contributed by atoms with Gasteiger partial charge in [-0.2, -0.15) is 0 Å². The highest BCUT2D eigenvalue weighted by atomic mass is 19.1. The molecule has 0 bridgehead atoms. The Balaban J connectivity index is 1.80. The van der Waals surface area contributed by atoms with Gasteiger partial charge in [0.05, 0.1) is 25.0 Å². The molecule has 0 spiro atoms. The van der Waals surface area contributed by atoms with Crippen LogP contribution < -0.4 is 4.90 Å². The lowest BCUT2D eigenvalue weighted by molar-refractivity contribution is 0.0594. The number of nitrogens with zero attached hydrogens (tertiary/aromatic N) is 6. The van der Waals surface area contributed by atoms with E-state index in [2.05, 4.69) is 25.0 Å². The Kier molecular flexibility index (Phi) is 4.68. The predicted molar refractivity (Wildman–Crippen MR) is 83.2 cm³/mol. The van der Waals surface area contributed by atoms with E-state index in [0.717, 1.165) is 12.8 Å². The van der Waals surface area contributed by atoms with Gasteiger partial charge in [-0.1, -0.05) is 12.1 Å². The number of aromatic nitrogens is 5. The first-order valence-electron chi connectivity index (χ1n) is 7.88. The standard InChI is InChI=1S/C15H19FN6O2/c1-3-11-13(16)14(18-9-17-11)21-6-4-5-10(7-21)22-8-12(19-20-22)15(23)24-2/h8-10H,3-7H2,1-2H3. The van der Waals surface area contributed by atoms with E-state index in [1.54, 1.807) is 10.9 Å². The molecule has 0 N–H and O–H groups in total. The summed E-state index contributed by atoms with van der Waals surface area (Å²) in [5, 5.41) is 7.83. The van der Waals surface area contributed by atoms with Crippen LogP contribution in [0.5, 0.6) is 0 Å². The van der Waals surface area contributed by atoms with Crippen LogP contribution in [0.25, 0.3) is 0 Å². The Morgan fingerprint density at radius 3 is 3.04 bits per heavy atom. The summed E-state index contributed by atoms with van der Waals surface area (Å²) in [6, 6.07) is -0.0101. The number of hydrogen-bond donors (Lipinski definition) is 0. The SMILES string of the molecule is CCc1ncnc(N2CCCC(n3cc(C(=O)OC)nn3)C2)c1F. The third-order valence-electron chi connectivity index (χ3n) is 4.15. The quantitative estimate of drug-likeness (QED) is 0.781. The first kappa shape index (κ1) is 16.3. The smallest absolute Gasteiger partial charge is 0.360 e. The summed E-state index contributed by atoms with van der Waals surface area (Å²) in [6.07, 6.45) is 5.21. The van der Waals surface area contributed by atoms with Crippen LogP contribution in [0.2, 0.25) is 0 Å². The van der Waals surface area contributed by atoms with Crippen LogP contribution >= 0.6 is 0 Å². The molecule has 1 saturated heterocycles. The van der Waals surface area contributed by atoms with Crippen LogP contribution in [-0.2, 0) is 11.2 Å². The number of esters is 1. The minimum atomic E-state index is -0.525. The maximum Gasteiger partial charge on any atom is 0.360 e. The number of rotatable bonds is 4. The van der Waals surface area contributed by atoms with Gasteiger partial charge in [0, 0.05) is 13.1 Å². The average Bonchev–Trinajstić information content (AvgIpc) is 3.11. The maximum absolute atomic E-state index is 14.5. The minimum Gasteiger partial charge on any atom is -0.464 e. The zero-order valence-corrected chi connectivity index (χ0v) is 13.6. The molecule has 0 radical (unpaired) electrons. The Labute approximate surface area is 138 Å². The van der Waals surface area contributed by atoms with Crippen molar-refractivity contribution in [1.29, 1.82) is 0 Å². The number of methoxy groups -OCH3 is 1. The number of ether oxygens (including phenoxy) is 1. The molecule has 9 heteroatoms. The second-order valence-corrected chi connectivity index (χ2v) is 5.63. The first-order chi connectivity index (χ1) is 11.6. The third-order valence-corrected chi connectivity index (χ3v) is 4.15. The van der Waals surface area contributed by atoms with Crippen molar-refractivity contribution < 1.29 is 13.9 Å². The lowest BCUT2D eigenvalue weighted by Gasteiger charge is -2.33. The van der Waals surface area contributed by atoms with Gasteiger partial charge in [0.15, 0.2) is 17.3 Å². The zero-order valence-electron chi connectivity index (χ0n) is 13.6. The third kappa shape index (κ3) is 3.06. The highest BCUT2D eigenvalue weighted by Gasteiger charge is 2.26. The van der Waals surface area contributed by atoms with Crippen molar-refractivity contribution in [1.82, 2.24) is 25.0 Å². The highest BCUT2D eigenvalue weighted by Crippen LogP contribution is 2.27. The molecule has 8 nitrogen and oxygen atoms in total. The number of halogens is 1. The Bertz CT molecular complexity index is 735. The van der Waals surface area contributed by atoms with Crippen molar-refractivity contribution in [3.05, 3.63) is 29.7 Å². The fourth-order valence-electron chi connectivity index (χ4n) is 2.88. The summed E-state index contributed by atoms with van der Waals surface area (Å²) in [5.74, 6) is -0.572. The van der Waals surface area contributed by atoms with E-state index in [-0.39, 0.29) is 17.6 Å². The topological polar surface area (TPSA) is 86.0 Å². The second-order valence-electron chi connectivity index (χ2n) is 5.63. The second kappa shape index (κ2) is 6.90.